The van der Waals surface area contributed by atoms with E-state index < -0.39 is 0 Å². The second-order valence-electron chi connectivity index (χ2n) is 5.85. The van der Waals surface area contributed by atoms with Crippen molar-refractivity contribution >= 4 is 6.08 Å². The normalized spacial score (nSPS) is 31.9. The standard InChI is InChI=1S/C15H27NO/c1-5-13-9-14(6-2,7-3)11-15(8-4,10-13)16-12-17/h13H,5-11H2,1-4H3. The van der Waals surface area contributed by atoms with Crippen molar-refractivity contribution < 1.29 is 4.79 Å². The van der Waals surface area contributed by atoms with Gasteiger partial charge < -0.3 is 0 Å². The summed E-state index contributed by atoms with van der Waals surface area (Å²) in [5, 5.41) is 0. The summed E-state index contributed by atoms with van der Waals surface area (Å²) in [7, 11) is 0. The van der Waals surface area contributed by atoms with Crippen molar-refractivity contribution in [3.63, 3.8) is 0 Å². The van der Waals surface area contributed by atoms with Crippen molar-refractivity contribution in [2.75, 3.05) is 0 Å². The topological polar surface area (TPSA) is 29.4 Å². The number of nitrogens with zero attached hydrogens (tertiary/aromatic N) is 1. The molecule has 1 fully saturated rings. The Balaban J connectivity index is 3.04. The van der Waals surface area contributed by atoms with Crippen LogP contribution in [0, 0.1) is 11.3 Å². The molecule has 1 rings (SSSR count). The van der Waals surface area contributed by atoms with Gasteiger partial charge in [0.1, 0.15) is 0 Å². The number of isocyanates is 1. The summed E-state index contributed by atoms with van der Waals surface area (Å²) in [5.41, 5.74) is 0.280. The number of aliphatic imine (C=N–C) groups is 1. The molecule has 0 amide bonds. The van der Waals surface area contributed by atoms with Crippen molar-refractivity contribution in [3.8, 4) is 0 Å². The van der Waals surface area contributed by atoms with Crippen LogP contribution in [0.4, 0.5) is 0 Å². The summed E-state index contributed by atoms with van der Waals surface area (Å²) in [6.45, 7) is 8.99. The van der Waals surface area contributed by atoms with Crippen LogP contribution in [0.5, 0.6) is 0 Å². The first kappa shape index (κ1) is 14.4. The van der Waals surface area contributed by atoms with Gasteiger partial charge in [0.25, 0.3) is 0 Å². The molecule has 0 aromatic carbocycles. The van der Waals surface area contributed by atoms with Gasteiger partial charge in [-0.05, 0) is 37.0 Å². The Morgan fingerprint density at radius 2 is 1.76 bits per heavy atom. The van der Waals surface area contributed by atoms with Gasteiger partial charge in [-0.25, -0.2) is 4.79 Å². The molecule has 2 nitrogen and oxygen atoms in total. The molecule has 1 aliphatic carbocycles. The first-order chi connectivity index (χ1) is 8.09. The van der Waals surface area contributed by atoms with Crippen molar-refractivity contribution in [1.82, 2.24) is 0 Å². The third-order valence-electron chi connectivity index (χ3n) is 5.11. The quantitative estimate of drug-likeness (QED) is 0.512. The van der Waals surface area contributed by atoms with Crippen LogP contribution in [-0.2, 0) is 4.79 Å². The molecule has 1 saturated carbocycles. The van der Waals surface area contributed by atoms with Crippen molar-refractivity contribution in [2.45, 2.75) is 78.2 Å². The summed E-state index contributed by atoms with van der Waals surface area (Å²) in [6.07, 6.45) is 9.89. The lowest BCUT2D eigenvalue weighted by Gasteiger charge is -2.48. The zero-order valence-corrected chi connectivity index (χ0v) is 11.9. The molecular formula is C15H27NO. The van der Waals surface area contributed by atoms with Crippen LogP contribution in [0.25, 0.3) is 0 Å². The predicted molar refractivity (Wildman–Crippen MR) is 71.8 cm³/mol. The van der Waals surface area contributed by atoms with Gasteiger partial charge in [0, 0.05) is 0 Å². The smallest absolute Gasteiger partial charge is 0.211 e. The minimum atomic E-state index is -0.118. The molecule has 0 spiro atoms. The Kier molecular flexibility index (Phi) is 4.94. The maximum absolute atomic E-state index is 10.7. The lowest BCUT2D eigenvalue weighted by molar-refractivity contribution is 0.0591. The Labute approximate surface area is 106 Å². The summed E-state index contributed by atoms with van der Waals surface area (Å²) >= 11 is 0. The molecule has 0 bridgehead atoms. The van der Waals surface area contributed by atoms with Crippen LogP contribution in [0.3, 0.4) is 0 Å². The van der Waals surface area contributed by atoms with Gasteiger partial charge in [-0.15, -0.1) is 0 Å². The van der Waals surface area contributed by atoms with Gasteiger partial charge in [0.2, 0.25) is 6.08 Å². The summed E-state index contributed by atoms with van der Waals surface area (Å²) in [6, 6.07) is 0. The largest absolute Gasteiger partial charge is 0.235 e. The molecule has 0 aliphatic heterocycles. The average Bonchev–Trinajstić information content (AvgIpc) is 2.38. The number of hydrogen-bond acceptors (Lipinski definition) is 2. The van der Waals surface area contributed by atoms with Crippen molar-refractivity contribution in [1.29, 1.82) is 0 Å². The fourth-order valence-corrected chi connectivity index (χ4v) is 3.67. The van der Waals surface area contributed by atoms with Gasteiger partial charge in [-0.1, -0.05) is 47.0 Å². The van der Waals surface area contributed by atoms with Gasteiger partial charge in [0.15, 0.2) is 0 Å². The van der Waals surface area contributed by atoms with Crippen molar-refractivity contribution in [2.24, 2.45) is 16.3 Å². The molecule has 2 unspecified atom stereocenters. The molecular weight excluding hydrogens is 210 g/mol. The second-order valence-corrected chi connectivity index (χ2v) is 5.85. The molecule has 17 heavy (non-hydrogen) atoms. The highest BCUT2D eigenvalue weighted by atomic mass is 16.1. The molecule has 0 radical (unpaired) electrons. The van der Waals surface area contributed by atoms with Crippen LogP contribution in [-0.4, -0.2) is 11.6 Å². The van der Waals surface area contributed by atoms with E-state index in [2.05, 4.69) is 32.7 Å². The van der Waals surface area contributed by atoms with Crippen LogP contribution in [0.15, 0.2) is 4.99 Å². The maximum Gasteiger partial charge on any atom is 0.235 e. The highest BCUT2D eigenvalue weighted by Gasteiger charge is 2.45. The fourth-order valence-electron chi connectivity index (χ4n) is 3.67. The third-order valence-corrected chi connectivity index (χ3v) is 5.11. The number of rotatable bonds is 5. The van der Waals surface area contributed by atoms with Crippen LogP contribution >= 0.6 is 0 Å². The summed E-state index contributed by atoms with van der Waals surface area (Å²) in [5.74, 6) is 0.723. The molecule has 0 aromatic heterocycles. The Morgan fingerprint density at radius 1 is 1.12 bits per heavy atom. The number of hydrogen-bond donors (Lipinski definition) is 0. The molecule has 0 aromatic rings. The maximum atomic E-state index is 10.7. The minimum Gasteiger partial charge on any atom is -0.211 e. The highest BCUT2D eigenvalue weighted by molar-refractivity contribution is 5.35. The lowest BCUT2D eigenvalue weighted by Crippen LogP contribution is -2.43. The van der Waals surface area contributed by atoms with Gasteiger partial charge in [0.05, 0.1) is 5.54 Å². The zero-order valence-electron chi connectivity index (χ0n) is 11.9. The Bertz CT molecular complexity index is 289. The van der Waals surface area contributed by atoms with E-state index in [1.165, 1.54) is 25.7 Å². The van der Waals surface area contributed by atoms with E-state index in [1.807, 2.05) is 6.08 Å². The minimum absolute atomic E-state index is 0.118. The first-order valence-corrected chi connectivity index (χ1v) is 7.18. The molecule has 2 heteroatoms. The molecule has 0 N–H and O–H groups in total. The SMILES string of the molecule is CCC1CC(CC)(CC)CC(CC)(N=C=O)C1. The average molecular weight is 237 g/mol. The van der Waals surface area contributed by atoms with E-state index in [0.717, 1.165) is 25.2 Å². The molecule has 1 aliphatic rings. The molecule has 98 valence electrons. The van der Waals surface area contributed by atoms with Gasteiger partial charge >= 0.3 is 0 Å². The number of carbonyl (C=O) groups excluding carboxylic acids is 1. The first-order valence-electron chi connectivity index (χ1n) is 7.18. The zero-order chi connectivity index (χ0) is 12.9. The monoisotopic (exact) mass is 237 g/mol. The molecule has 2 atom stereocenters. The molecule has 0 saturated heterocycles. The Hall–Kier alpha value is -0.620. The second kappa shape index (κ2) is 5.82. The van der Waals surface area contributed by atoms with Crippen LogP contribution in [0.2, 0.25) is 0 Å². The lowest BCUT2D eigenvalue weighted by atomic mass is 9.59. The van der Waals surface area contributed by atoms with E-state index in [1.54, 1.807) is 0 Å². The third kappa shape index (κ3) is 2.98. The highest BCUT2D eigenvalue weighted by Crippen LogP contribution is 2.51. The van der Waals surface area contributed by atoms with Crippen molar-refractivity contribution in [3.05, 3.63) is 0 Å². The summed E-state index contributed by atoms with van der Waals surface area (Å²) in [4.78, 5) is 14.9. The van der Waals surface area contributed by atoms with Gasteiger partial charge in [-0.3, -0.25) is 0 Å². The molecule has 0 heterocycles. The van der Waals surface area contributed by atoms with E-state index in [-0.39, 0.29) is 5.54 Å². The fraction of sp³-hybridized carbons (Fsp3) is 0.933. The van der Waals surface area contributed by atoms with E-state index in [4.69, 9.17) is 0 Å². The van der Waals surface area contributed by atoms with E-state index in [0.29, 0.717) is 5.41 Å². The van der Waals surface area contributed by atoms with E-state index >= 15 is 0 Å². The Morgan fingerprint density at radius 3 is 2.18 bits per heavy atom. The van der Waals surface area contributed by atoms with Gasteiger partial charge in [-0.2, -0.15) is 4.99 Å². The van der Waals surface area contributed by atoms with E-state index in [9.17, 15) is 4.79 Å². The predicted octanol–water partition coefficient (Wildman–Crippen LogP) is 4.49. The van der Waals surface area contributed by atoms with Crippen LogP contribution < -0.4 is 0 Å². The summed E-state index contributed by atoms with van der Waals surface area (Å²) < 4.78 is 0. The van der Waals surface area contributed by atoms with Crippen LogP contribution in [0.1, 0.15) is 72.6 Å².